The molecule has 5 aromatic carbocycles. The van der Waals surface area contributed by atoms with Crippen molar-refractivity contribution >= 4 is 84.9 Å². The van der Waals surface area contributed by atoms with E-state index >= 15 is 9.59 Å². The van der Waals surface area contributed by atoms with Crippen molar-refractivity contribution in [2.45, 2.75) is 212 Å². The van der Waals surface area contributed by atoms with Crippen molar-refractivity contribution in [3.63, 3.8) is 0 Å². The number of hydrogen-bond acceptors (Lipinski definition) is 21. The first-order valence-corrected chi connectivity index (χ1v) is 40.6. The summed E-state index contributed by atoms with van der Waals surface area (Å²) in [5, 5.41) is 42.0. The molecular weight excluding hydrogens is 1590 g/mol. The van der Waals surface area contributed by atoms with Crippen LogP contribution < -0.4 is 31.3 Å². The first kappa shape index (κ1) is 93.6. The summed E-state index contributed by atoms with van der Waals surface area (Å²) in [4.78, 5) is 174. The van der Waals surface area contributed by atoms with Crippen molar-refractivity contribution in [3.05, 3.63) is 185 Å². The number of carbonyl (C=O) groups is 12. The fraction of sp³-hybridized carbons (Fsp3) is 0.477. The third kappa shape index (κ3) is 24.3. The molecule has 0 unspecified atom stereocenters. The van der Waals surface area contributed by atoms with Gasteiger partial charge in [-0.1, -0.05) is 159 Å². The Bertz CT molecular complexity index is 4810. The maximum Gasteiger partial charge on any atom is 0.410 e. The molecule has 7 aromatic rings. The number of methoxy groups -OCH3 is 1. The fourth-order valence-corrected chi connectivity index (χ4v) is 14.8. The highest BCUT2D eigenvalue weighted by Crippen LogP contribution is 2.45. The maximum atomic E-state index is 15.3. The van der Waals surface area contributed by atoms with Gasteiger partial charge in [-0.15, -0.1) is 10.2 Å². The molecule has 33 nitrogen and oxygen atoms in total. The number of esters is 2. The first-order chi connectivity index (χ1) is 57.3. The number of carbonyl (C=O) groups excluding carboxylic acids is 11. The number of benzene rings is 5. The molecule has 0 radical (unpaired) electrons. The minimum atomic E-state index is -1.41. The van der Waals surface area contributed by atoms with E-state index < -0.39 is 161 Å². The van der Waals surface area contributed by atoms with Gasteiger partial charge in [0.1, 0.15) is 89.9 Å². The van der Waals surface area contributed by atoms with Crippen LogP contribution >= 0.6 is 13.5 Å². The number of amides is 9. The van der Waals surface area contributed by atoms with Crippen LogP contribution in [-0.2, 0) is 99.3 Å². The minimum absolute atomic E-state index is 0. The van der Waals surface area contributed by atoms with Gasteiger partial charge in [0.05, 0.1) is 50.5 Å². The van der Waals surface area contributed by atoms with E-state index in [1.165, 1.54) is 60.4 Å². The van der Waals surface area contributed by atoms with Gasteiger partial charge in [-0.3, -0.25) is 53.0 Å². The fourth-order valence-electron chi connectivity index (χ4n) is 14.8. The number of nitrogens with zero attached hydrogens (tertiary/aromatic N) is 10. The lowest BCUT2D eigenvalue weighted by Gasteiger charge is -2.33. The zero-order valence-corrected chi connectivity index (χ0v) is 72.6. The second-order valence-electron chi connectivity index (χ2n) is 33.7. The average molecular weight is 1700 g/mol. The van der Waals surface area contributed by atoms with Crippen molar-refractivity contribution < 1.29 is 86.3 Å². The van der Waals surface area contributed by atoms with Crippen molar-refractivity contribution in [1.82, 2.24) is 76.2 Å². The van der Waals surface area contributed by atoms with E-state index in [0.717, 1.165) is 37.6 Å². The number of aliphatic carboxylic acids is 1. The van der Waals surface area contributed by atoms with E-state index in [4.69, 9.17) is 23.7 Å². The number of likely N-dealkylation sites (N-methyl/N-ethyl adjacent to an activating group) is 2. The smallest absolute Gasteiger partial charge is 0.410 e. The lowest BCUT2D eigenvalue weighted by atomic mass is 9.96. The van der Waals surface area contributed by atoms with E-state index in [1.54, 1.807) is 160 Å². The van der Waals surface area contributed by atoms with Crippen LogP contribution in [0.5, 0.6) is 5.75 Å². The predicted molar refractivity (Wildman–Crippen MR) is 452 cm³/mol. The second kappa shape index (κ2) is 41.4. The molecule has 4 heterocycles. The molecule has 0 spiro atoms. The quantitative estimate of drug-likeness (QED) is 0.0167. The van der Waals surface area contributed by atoms with E-state index in [1.807, 2.05) is 48.5 Å². The van der Waals surface area contributed by atoms with Gasteiger partial charge < -0.3 is 65.2 Å². The van der Waals surface area contributed by atoms with Crippen LogP contribution in [0.1, 0.15) is 160 Å². The number of hydrogen-bond donors (Lipinski definition) is 6. The summed E-state index contributed by atoms with van der Waals surface area (Å²) in [5.74, 6) is -9.05. The van der Waals surface area contributed by atoms with Crippen molar-refractivity contribution in [2.75, 3.05) is 40.9 Å². The highest BCUT2D eigenvalue weighted by molar-refractivity contribution is 7.59. The number of carboxylic acid groups (broad SMARTS) is 1. The van der Waals surface area contributed by atoms with Crippen molar-refractivity contribution in [3.8, 4) is 16.9 Å². The van der Waals surface area contributed by atoms with Crippen molar-refractivity contribution in [1.29, 1.82) is 0 Å². The third-order valence-electron chi connectivity index (χ3n) is 21.7. The van der Waals surface area contributed by atoms with Gasteiger partial charge in [0.2, 0.25) is 41.4 Å². The number of likely N-dealkylation sites (tertiary alicyclic amines) is 2. The summed E-state index contributed by atoms with van der Waals surface area (Å²) >= 11 is 0. The predicted octanol–water partition coefficient (Wildman–Crippen LogP) is 7.57. The first-order valence-electron chi connectivity index (χ1n) is 40.6. The van der Waals surface area contributed by atoms with Crippen LogP contribution in [0.25, 0.3) is 11.1 Å². The van der Waals surface area contributed by atoms with E-state index in [-0.39, 0.29) is 96.5 Å². The van der Waals surface area contributed by atoms with Gasteiger partial charge >= 0.3 is 30.1 Å². The number of fused-ring (bicyclic) bond motifs is 3. The van der Waals surface area contributed by atoms with Gasteiger partial charge in [-0.2, -0.15) is 13.5 Å². The van der Waals surface area contributed by atoms with Crippen LogP contribution in [0.15, 0.2) is 146 Å². The largest absolute Gasteiger partial charge is 0.487 e. The van der Waals surface area contributed by atoms with Crippen LogP contribution in [0.4, 0.5) is 9.59 Å². The second-order valence-corrected chi connectivity index (χ2v) is 33.7. The molecule has 11 atom stereocenters. The molecule has 0 bridgehead atoms. The molecule has 2 saturated heterocycles. The zero-order valence-electron chi connectivity index (χ0n) is 71.6. The maximum absolute atomic E-state index is 15.3. The summed E-state index contributed by atoms with van der Waals surface area (Å²) in [6.45, 7) is 19.3. The molecule has 2 fully saturated rings. The lowest BCUT2D eigenvalue weighted by molar-refractivity contribution is -0.153. The van der Waals surface area contributed by atoms with Gasteiger partial charge in [0.15, 0.2) is 0 Å². The average Bonchev–Trinajstić information content (AvgIpc) is 1.62. The molecular formula is C88H113N15O18S. The Morgan fingerprint density at radius 3 is 1.41 bits per heavy atom. The van der Waals surface area contributed by atoms with Crippen LogP contribution in [-0.4, -0.2) is 227 Å². The lowest BCUT2D eigenvalue weighted by Crippen LogP contribution is -2.59. The van der Waals surface area contributed by atoms with Crippen LogP contribution in [0.3, 0.4) is 0 Å². The van der Waals surface area contributed by atoms with E-state index in [2.05, 4.69) is 47.2 Å². The molecule has 2 aliphatic heterocycles. The Kier molecular flexibility index (Phi) is 31.7. The number of ether oxygens (including phenoxy) is 5. The van der Waals surface area contributed by atoms with Crippen LogP contribution in [0, 0.1) is 17.8 Å². The summed E-state index contributed by atoms with van der Waals surface area (Å²) in [7, 11) is 4.05. The minimum Gasteiger partial charge on any atom is -0.487 e. The Balaban J connectivity index is 0.0000169. The van der Waals surface area contributed by atoms with Gasteiger partial charge in [0.25, 0.3) is 0 Å². The normalized spacial score (nSPS) is 17.3. The monoisotopic (exact) mass is 1700 g/mol. The molecule has 0 saturated carbocycles. The highest BCUT2D eigenvalue weighted by atomic mass is 32.1. The third-order valence-corrected chi connectivity index (χ3v) is 21.7. The molecule has 9 amide bonds. The van der Waals surface area contributed by atoms with Crippen molar-refractivity contribution in [2.24, 2.45) is 17.8 Å². The Morgan fingerprint density at radius 2 is 0.959 bits per heavy atom. The van der Waals surface area contributed by atoms with Crippen LogP contribution in [0.2, 0.25) is 0 Å². The molecule has 34 heteroatoms. The SMILES string of the molecule is COC(=O)[C@@H](CC(=O)OCC1c2ccccc2-c2ccccc21)Cc1ccc(OCc2cn([C@H]3C[C@@H](C(=O)N[C@@H](Cc4ccccc4)C(=O)NCc4cn([C@H]5C[C@@H](C(=O)N[C@@H](Cc6ccccc6)C(=O)O)N(C(=O)[C@@H](NC(=O)[C@H](C)N(C)C(=O)OC(C)(C)C)C(C)C)C5)nn4)N(C(=O)[C@@H](NC(=O)[C@H](C)N(C)C(=O)OC(C)(C)C)C(C)C)C3)nn2)cc1.S. The Hall–Kier alpha value is -12.2. The van der Waals surface area contributed by atoms with Gasteiger partial charge in [-0.05, 0) is 125 Å². The van der Waals surface area contributed by atoms with E-state index in [0.29, 0.717) is 22.6 Å². The molecule has 654 valence electrons. The molecule has 3 aliphatic rings. The Morgan fingerprint density at radius 1 is 0.533 bits per heavy atom. The molecule has 2 aromatic heterocycles. The van der Waals surface area contributed by atoms with E-state index in [9.17, 15) is 53.1 Å². The summed E-state index contributed by atoms with van der Waals surface area (Å²) in [6, 6.07) is 29.0. The highest BCUT2D eigenvalue weighted by Gasteiger charge is 2.48. The topological polar surface area (TPSA) is 406 Å². The summed E-state index contributed by atoms with van der Waals surface area (Å²) in [5.41, 5.74) is 5.12. The number of rotatable bonds is 34. The number of nitrogens with one attached hydrogen (secondary N) is 5. The molecule has 6 N–H and O–H groups in total. The molecule has 10 rings (SSSR count). The summed E-state index contributed by atoms with van der Waals surface area (Å²) in [6.07, 6.45) is 1.24. The Labute approximate surface area is 716 Å². The number of carboxylic acids is 1. The zero-order chi connectivity index (χ0) is 87.9. The van der Waals surface area contributed by atoms with Gasteiger partial charge in [-0.25, -0.2) is 23.7 Å². The molecule has 122 heavy (non-hydrogen) atoms. The number of aromatic nitrogens is 6. The van der Waals surface area contributed by atoms with Gasteiger partial charge in [0, 0.05) is 58.8 Å². The summed E-state index contributed by atoms with van der Waals surface area (Å²) < 4.78 is 31.1. The standard InChI is InChI=1S/C88H111N15O18.H2S/c1-51(2)74(92-76(105)53(5)98(13)85(115)120-87(7,8)9)81(110)100-48-62(103-46-60(95-97-103)49-118-63-36-34-57(35-37-63)38-58(84(114)117-15)41-73(104)119-50-68-66-32-24-22-30-64(66)65-31-23-25-33-67(65)68)43-71(100)79(108)90-69(39-55-26-18-16-19-27-55)78(107)89-44-59-45-102(96-94-59)61-42-72(80(109)91-70(83(112)113)40-56-28-20-17-21-29-56)101(47-61)82(111)75(52(3)4)93-77(106)54(6)99(14)86(116)121-88(10,11)12;/h16-37,45-46,51-54,58,61-62,68-72,74-75H,38-44,47-50H2,1-15H3,(H,89,107)(H,90,108)(H,91,109)(H,92,105)(H,93,106)(H,112,113);1H2/t53-,54-,58+,61-,62-,69-,70-,71-,72-,74-,75-;/m0./s1. The molecule has 1 aliphatic carbocycles.